The maximum absolute atomic E-state index is 12.0. The van der Waals surface area contributed by atoms with Gasteiger partial charge in [0, 0.05) is 32.7 Å². The number of hydrogen-bond donors (Lipinski definition) is 3. The first kappa shape index (κ1) is 15.9. The first-order valence-corrected chi connectivity index (χ1v) is 7.13. The van der Waals surface area contributed by atoms with Crippen molar-refractivity contribution in [2.75, 3.05) is 32.7 Å². The van der Waals surface area contributed by atoms with Gasteiger partial charge in [-0.05, 0) is 20.3 Å². The summed E-state index contributed by atoms with van der Waals surface area (Å²) in [6.07, 6.45) is 0.916. The minimum Gasteiger partial charge on any atom is -0.355 e. The summed E-state index contributed by atoms with van der Waals surface area (Å²) < 4.78 is 0. The molecule has 6 nitrogen and oxygen atoms in total. The summed E-state index contributed by atoms with van der Waals surface area (Å²) in [5.41, 5.74) is 0. The van der Waals surface area contributed by atoms with Crippen LogP contribution in [-0.4, -0.2) is 61.5 Å². The van der Waals surface area contributed by atoms with Crippen molar-refractivity contribution >= 4 is 11.8 Å². The Morgan fingerprint density at radius 1 is 1.37 bits per heavy atom. The maximum Gasteiger partial charge on any atom is 0.238 e. The molecule has 0 spiro atoms. The molecule has 2 atom stereocenters. The Hall–Kier alpha value is -1.14. The van der Waals surface area contributed by atoms with Crippen LogP contribution in [0.1, 0.15) is 27.2 Å². The van der Waals surface area contributed by atoms with Crippen molar-refractivity contribution in [3.05, 3.63) is 0 Å². The Balaban J connectivity index is 2.64. The van der Waals surface area contributed by atoms with Crippen LogP contribution in [0.3, 0.4) is 0 Å². The van der Waals surface area contributed by atoms with E-state index in [1.54, 1.807) is 0 Å². The van der Waals surface area contributed by atoms with E-state index in [-0.39, 0.29) is 23.9 Å². The Kier molecular flexibility index (Phi) is 6.80. The number of rotatable bonds is 6. The number of nitrogens with one attached hydrogen (secondary N) is 3. The molecule has 0 saturated carbocycles. The molecule has 1 fully saturated rings. The van der Waals surface area contributed by atoms with Crippen molar-refractivity contribution in [1.82, 2.24) is 20.9 Å². The van der Waals surface area contributed by atoms with Crippen LogP contribution >= 0.6 is 0 Å². The molecule has 1 saturated heterocycles. The SMILES string of the molecule is CCCNC(=O)C(C)N1CCNCC1C(=O)NCC. The van der Waals surface area contributed by atoms with Crippen molar-refractivity contribution in [2.24, 2.45) is 0 Å². The summed E-state index contributed by atoms with van der Waals surface area (Å²) in [4.78, 5) is 26.0. The second kappa shape index (κ2) is 8.12. The smallest absolute Gasteiger partial charge is 0.238 e. The van der Waals surface area contributed by atoms with Gasteiger partial charge in [0.1, 0.15) is 6.04 Å². The van der Waals surface area contributed by atoms with Gasteiger partial charge in [0.2, 0.25) is 11.8 Å². The molecule has 2 unspecified atom stereocenters. The van der Waals surface area contributed by atoms with Gasteiger partial charge in [-0.15, -0.1) is 0 Å². The van der Waals surface area contributed by atoms with Crippen molar-refractivity contribution in [1.29, 1.82) is 0 Å². The van der Waals surface area contributed by atoms with Crippen LogP contribution in [0.2, 0.25) is 0 Å². The summed E-state index contributed by atoms with van der Waals surface area (Å²) >= 11 is 0. The molecule has 6 heteroatoms. The summed E-state index contributed by atoms with van der Waals surface area (Å²) in [5.74, 6) is -0.0112. The van der Waals surface area contributed by atoms with Crippen LogP contribution in [0.5, 0.6) is 0 Å². The predicted octanol–water partition coefficient (Wildman–Crippen LogP) is -0.689. The largest absolute Gasteiger partial charge is 0.355 e. The van der Waals surface area contributed by atoms with Gasteiger partial charge in [-0.1, -0.05) is 6.92 Å². The molecule has 0 aliphatic carbocycles. The van der Waals surface area contributed by atoms with Crippen LogP contribution in [0, 0.1) is 0 Å². The van der Waals surface area contributed by atoms with Crippen LogP contribution in [0.4, 0.5) is 0 Å². The molecule has 0 radical (unpaired) electrons. The zero-order valence-electron chi connectivity index (χ0n) is 12.2. The highest BCUT2D eigenvalue weighted by Gasteiger charge is 2.34. The molecule has 0 aromatic carbocycles. The summed E-state index contributed by atoms with van der Waals surface area (Å²) in [7, 11) is 0. The van der Waals surface area contributed by atoms with Gasteiger partial charge >= 0.3 is 0 Å². The molecule has 3 N–H and O–H groups in total. The average Bonchev–Trinajstić information content (AvgIpc) is 2.44. The van der Waals surface area contributed by atoms with E-state index in [2.05, 4.69) is 16.0 Å². The highest BCUT2D eigenvalue weighted by Crippen LogP contribution is 2.09. The van der Waals surface area contributed by atoms with Crippen molar-refractivity contribution < 1.29 is 9.59 Å². The molecule has 1 heterocycles. The number of hydrogen-bond acceptors (Lipinski definition) is 4. The molecule has 0 aromatic heterocycles. The first-order valence-electron chi connectivity index (χ1n) is 7.13. The Morgan fingerprint density at radius 2 is 2.11 bits per heavy atom. The third-order valence-corrected chi connectivity index (χ3v) is 3.36. The van der Waals surface area contributed by atoms with Gasteiger partial charge in [-0.2, -0.15) is 0 Å². The molecule has 0 aromatic rings. The van der Waals surface area contributed by atoms with E-state index in [0.29, 0.717) is 26.2 Å². The van der Waals surface area contributed by atoms with Crippen molar-refractivity contribution in [2.45, 2.75) is 39.3 Å². The molecule has 1 aliphatic rings. The van der Waals surface area contributed by atoms with E-state index in [1.807, 2.05) is 25.7 Å². The van der Waals surface area contributed by atoms with Gasteiger partial charge in [0.05, 0.1) is 6.04 Å². The summed E-state index contributed by atoms with van der Waals surface area (Å²) in [6.45, 7) is 9.19. The Labute approximate surface area is 115 Å². The second-order valence-corrected chi connectivity index (χ2v) is 4.82. The number of likely N-dealkylation sites (N-methyl/N-ethyl adjacent to an activating group) is 1. The number of amides is 2. The number of carbonyl (C=O) groups is 2. The first-order chi connectivity index (χ1) is 9.11. The lowest BCUT2D eigenvalue weighted by molar-refractivity contribution is -0.133. The highest BCUT2D eigenvalue weighted by molar-refractivity contribution is 5.85. The van der Waals surface area contributed by atoms with E-state index in [1.165, 1.54) is 0 Å². The lowest BCUT2D eigenvalue weighted by Crippen LogP contribution is -2.62. The Bertz CT molecular complexity index is 309. The average molecular weight is 270 g/mol. The van der Waals surface area contributed by atoms with Crippen LogP contribution in [-0.2, 0) is 9.59 Å². The van der Waals surface area contributed by atoms with E-state index in [9.17, 15) is 9.59 Å². The van der Waals surface area contributed by atoms with Crippen LogP contribution in [0.15, 0.2) is 0 Å². The van der Waals surface area contributed by atoms with Crippen LogP contribution in [0.25, 0.3) is 0 Å². The molecule has 19 heavy (non-hydrogen) atoms. The van der Waals surface area contributed by atoms with E-state index >= 15 is 0 Å². The Morgan fingerprint density at radius 3 is 2.74 bits per heavy atom. The highest BCUT2D eigenvalue weighted by atomic mass is 16.2. The molecule has 1 rings (SSSR count). The molecular formula is C13H26N4O2. The normalized spacial score (nSPS) is 21.7. The minimum atomic E-state index is -0.277. The number of carbonyl (C=O) groups excluding carboxylic acids is 2. The molecule has 0 bridgehead atoms. The molecule has 110 valence electrons. The van der Waals surface area contributed by atoms with E-state index in [0.717, 1.165) is 13.0 Å². The quantitative estimate of drug-likeness (QED) is 0.597. The predicted molar refractivity (Wildman–Crippen MR) is 74.8 cm³/mol. The van der Waals surface area contributed by atoms with Gasteiger partial charge < -0.3 is 16.0 Å². The van der Waals surface area contributed by atoms with E-state index < -0.39 is 0 Å². The van der Waals surface area contributed by atoms with E-state index in [4.69, 9.17) is 0 Å². The molecule has 2 amide bonds. The molecular weight excluding hydrogens is 244 g/mol. The molecule has 1 aliphatic heterocycles. The monoisotopic (exact) mass is 270 g/mol. The lowest BCUT2D eigenvalue weighted by Gasteiger charge is -2.38. The fourth-order valence-electron chi connectivity index (χ4n) is 2.27. The summed E-state index contributed by atoms with van der Waals surface area (Å²) in [5, 5.41) is 8.92. The van der Waals surface area contributed by atoms with Crippen molar-refractivity contribution in [3.8, 4) is 0 Å². The van der Waals surface area contributed by atoms with Gasteiger partial charge in [0.15, 0.2) is 0 Å². The fraction of sp³-hybridized carbons (Fsp3) is 0.846. The van der Waals surface area contributed by atoms with Gasteiger partial charge in [-0.3, -0.25) is 14.5 Å². The second-order valence-electron chi connectivity index (χ2n) is 4.82. The minimum absolute atomic E-state index is 0.00181. The topological polar surface area (TPSA) is 73.5 Å². The zero-order valence-corrected chi connectivity index (χ0v) is 12.2. The van der Waals surface area contributed by atoms with Crippen LogP contribution < -0.4 is 16.0 Å². The third kappa shape index (κ3) is 4.47. The lowest BCUT2D eigenvalue weighted by atomic mass is 10.1. The fourth-order valence-corrected chi connectivity index (χ4v) is 2.27. The maximum atomic E-state index is 12.0. The van der Waals surface area contributed by atoms with Crippen molar-refractivity contribution in [3.63, 3.8) is 0 Å². The third-order valence-electron chi connectivity index (χ3n) is 3.36. The number of piperazine rings is 1. The number of nitrogens with zero attached hydrogens (tertiary/aromatic N) is 1. The van der Waals surface area contributed by atoms with Gasteiger partial charge in [0.25, 0.3) is 0 Å². The standard InChI is InChI=1S/C13H26N4O2/c1-4-6-16-12(18)10(3)17-8-7-14-9-11(17)13(19)15-5-2/h10-11,14H,4-9H2,1-3H3,(H,15,19)(H,16,18). The summed E-state index contributed by atoms with van der Waals surface area (Å²) in [6, 6.07) is -0.544. The zero-order chi connectivity index (χ0) is 14.3. The van der Waals surface area contributed by atoms with Gasteiger partial charge in [-0.25, -0.2) is 0 Å².